The van der Waals surface area contributed by atoms with E-state index in [2.05, 4.69) is 40.5 Å². The van der Waals surface area contributed by atoms with Crippen LogP contribution in [0.15, 0.2) is 61.2 Å². The fourth-order valence-corrected chi connectivity index (χ4v) is 2.22. The zero-order chi connectivity index (χ0) is 15.4. The highest BCUT2D eigenvalue weighted by Crippen LogP contribution is 2.11. The Balaban J connectivity index is 1.68. The number of aryl methyl sites for hydroxylation is 1. The van der Waals surface area contributed by atoms with E-state index in [9.17, 15) is 4.79 Å². The lowest BCUT2D eigenvalue weighted by Crippen LogP contribution is -2.11. The Bertz CT molecular complexity index is 780. The summed E-state index contributed by atoms with van der Waals surface area (Å²) >= 11 is 0. The van der Waals surface area contributed by atoms with Gasteiger partial charge in [-0.25, -0.2) is 0 Å². The standard InChI is InChI=1S/C17H16N4O/c1-13-3-2-4-14(9-13)11-21-12-16(10-19-21)20-17(22)15-5-7-18-8-6-15/h2-10,12H,11H2,1H3,(H,20,22). The Morgan fingerprint density at radius 2 is 2.05 bits per heavy atom. The number of hydrogen-bond acceptors (Lipinski definition) is 3. The summed E-state index contributed by atoms with van der Waals surface area (Å²) < 4.78 is 1.80. The van der Waals surface area contributed by atoms with E-state index in [1.165, 1.54) is 11.1 Å². The second-order valence-electron chi connectivity index (χ2n) is 5.11. The van der Waals surface area contributed by atoms with Gasteiger partial charge in [0.1, 0.15) is 0 Å². The monoisotopic (exact) mass is 292 g/mol. The number of carbonyl (C=O) groups is 1. The van der Waals surface area contributed by atoms with Gasteiger partial charge in [-0.05, 0) is 24.6 Å². The first-order valence-corrected chi connectivity index (χ1v) is 7.00. The van der Waals surface area contributed by atoms with Crippen molar-refractivity contribution in [1.82, 2.24) is 14.8 Å². The molecule has 0 spiro atoms. The molecule has 22 heavy (non-hydrogen) atoms. The Morgan fingerprint density at radius 3 is 2.82 bits per heavy atom. The van der Waals surface area contributed by atoms with Gasteiger partial charge in [0.15, 0.2) is 0 Å². The first kappa shape index (κ1) is 14.0. The number of pyridine rings is 1. The van der Waals surface area contributed by atoms with Crippen LogP contribution >= 0.6 is 0 Å². The molecule has 0 atom stereocenters. The fraction of sp³-hybridized carbons (Fsp3) is 0.118. The molecule has 2 heterocycles. The molecule has 1 N–H and O–H groups in total. The quantitative estimate of drug-likeness (QED) is 0.804. The van der Waals surface area contributed by atoms with Gasteiger partial charge in [0.2, 0.25) is 0 Å². The molecule has 0 fully saturated rings. The maximum atomic E-state index is 12.1. The molecule has 0 aliphatic heterocycles. The van der Waals surface area contributed by atoms with E-state index in [1.54, 1.807) is 35.4 Å². The van der Waals surface area contributed by atoms with E-state index in [4.69, 9.17) is 0 Å². The van der Waals surface area contributed by atoms with Crippen molar-refractivity contribution < 1.29 is 4.79 Å². The molecule has 5 nitrogen and oxygen atoms in total. The van der Waals surface area contributed by atoms with Crippen molar-refractivity contribution in [3.8, 4) is 0 Å². The number of aromatic nitrogens is 3. The summed E-state index contributed by atoms with van der Waals surface area (Å²) in [6.07, 6.45) is 6.66. The van der Waals surface area contributed by atoms with Gasteiger partial charge in [-0.15, -0.1) is 0 Å². The summed E-state index contributed by atoms with van der Waals surface area (Å²) in [5.74, 6) is -0.169. The Hall–Kier alpha value is -2.95. The van der Waals surface area contributed by atoms with Gasteiger partial charge >= 0.3 is 0 Å². The highest BCUT2D eigenvalue weighted by Gasteiger charge is 2.07. The average Bonchev–Trinajstić information content (AvgIpc) is 2.95. The van der Waals surface area contributed by atoms with Crippen LogP contribution in [0, 0.1) is 6.92 Å². The summed E-state index contributed by atoms with van der Waals surface area (Å²) in [7, 11) is 0. The lowest BCUT2D eigenvalue weighted by Gasteiger charge is -2.03. The summed E-state index contributed by atoms with van der Waals surface area (Å²) in [4.78, 5) is 15.9. The predicted molar refractivity (Wildman–Crippen MR) is 84.7 cm³/mol. The second-order valence-corrected chi connectivity index (χ2v) is 5.11. The fourth-order valence-electron chi connectivity index (χ4n) is 2.22. The zero-order valence-corrected chi connectivity index (χ0v) is 12.2. The number of hydrogen-bond donors (Lipinski definition) is 1. The molecule has 1 aromatic carbocycles. The Morgan fingerprint density at radius 1 is 1.23 bits per heavy atom. The molecule has 0 aliphatic carbocycles. The van der Waals surface area contributed by atoms with Crippen LogP contribution in [0.5, 0.6) is 0 Å². The van der Waals surface area contributed by atoms with Crippen LogP contribution in [0.4, 0.5) is 5.69 Å². The van der Waals surface area contributed by atoms with Crippen LogP contribution in [0.2, 0.25) is 0 Å². The number of nitrogens with one attached hydrogen (secondary N) is 1. The third-order valence-corrected chi connectivity index (χ3v) is 3.26. The highest BCUT2D eigenvalue weighted by molar-refractivity contribution is 6.03. The minimum atomic E-state index is -0.169. The van der Waals surface area contributed by atoms with Gasteiger partial charge < -0.3 is 5.32 Å². The number of amides is 1. The van der Waals surface area contributed by atoms with Gasteiger partial charge in [-0.1, -0.05) is 29.8 Å². The summed E-state index contributed by atoms with van der Waals surface area (Å²) in [6.45, 7) is 2.74. The van der Waals surface area contributed by atoms with Crippen LogP contribution in [0.25, 0.3) is 0 Å². The molecule has 3 rings (SSSR count). The Labute approximate surface area is 128 Å². The average molecular weight is 292 g/mol. The van der Waals surface area contributed by atoms with Crippen LogP contribution in [-0.2, 0) is 6.54 Å². The number of benzene rings is 1. The maximum absolute atomic E-state index is 12.1. The van der Waals surface area contributed by atoms with Crippen LogP contribution in [-0.4, -0.2) is 20.7 Å². The largest absolute Gasteiger partial charge is 0.319 e. The molecule has 0 bridgehead atoms. The van der Waals surface area contributed by atoms with Crippen LogP contribution < -0.4 is 5.32 Å². The molecular weight excluding hydrogens is 276 g/mol. The molecule has 0 aliphatic rings. The van der Waals surface area contributed by atoms with Crippen LogP contribution in [0.3, 0.4) is 0 Å². The van der Waals surface area contributed by atoms with Gasteiger partial charge in [-0.2, -0.15) is 5.10 Å². The van der Waals surface area contributed by atoms with Crippen molar-refractivity contribution in [2.45, 2.75) is 13.5 Å². The van der Waals surface area contributed by atoms with E-state index in [0.29, 0.717) is 17.8 Å². The van der Waals surface area contributed by atoms with Gasteiger partial charge in [0.05, 0.1) is 18.4 Å². The smallest absolute Gasteiger partial charge is 0.255 e. The molecular formula is C17H16N4O. The molecule has 0 saturated carbocycles. The molecule has 0 unspecified atom stereocenters. The third-order valence-electron chi connectivity index (χ3n) is 3.26. The van der Waals surface area contributed by atoms with E-state index < -0.39 is 0 Å². The van der Waals surface area contributed by atoms with Gasteiger partial charge in [0, 0.05) is 24.2 Å². The molecule has 0 radical (unpaired) electrons. The number of anilines is 1. The van der Waals surface area contributed by atoms with E-state index >= 15 is 0 Å². The predicted octanol–water partition coefficient (Wildman–Crippen LogP) is 2.89. The van der Waals surface area contributed by atoms with Crippen molar-refractivity contribution in [3.63, 3.8) is 0 Å². The van der Waals surface area contributed by atoms with Crippen molar-refractivity contribution in [3.05, 3.63) is 77.9 Å². The minimum absolute atomic E-state index is 0.169. The van der Waals surface area contributed by atoms with Crippen molar-refractivity contribution >= 4 is 11.6 Å². The zero-order valence-electron chi connectivity index (χ0n) is 12.2. The second kappa shape index (κ2) is 6.22. The van der Waals surface area contributed by atoms with Crippen molar-refractivity contribution in [2.24, 2.45) is 0 Å². The molecule has 5 heteroatoms. The van der Waals surface area contributed by atoms with E-state index in [1.807, 2.05) is 12.3 Å². The Kier molecular flexibility index (Phi) is 3.96. The summed E-state index contributed by atoms with van der Waals surface area (Å²) in [5.41, 5.74) is 3.64. The lowest BCUT2D eigenvalue weighted by atomic mass is 10.1. The molecule has 2 aromatic heterocycles. The number of carbonyl (C=O) groups excluding carboxylic acids is 1. The van der Waals surface area contributed by atoms with Crippen LogP contribution in [0.1, 0.15) is 21.5 Å². The van der Waals surface area contributed by atoms with Crippen molar-refractivity contribution in [1.29, 1.82) is 0 Å². The summed E-state index contributed by atoms with van der Waals surface area (Å²) in [6, 6.07) is 11.6. The first-order chi connectivity index (χ1) is 10.7. The highest BCUT2D eigenvalue weighted by atomic mass is 16.1. The molecule has 1 amide bonds. The lowest BCUT2D eigenvalue weighted by molar-refractivity contribution is 0.102. The molecule has 0 saturated heterocycles. The first-order valence-electron chi connectivity index (χ1n) is 7.00. The SMILES string of the molecule is Cc1cccc(Cn2cc(NC(=O)c3ccncc3)cn2)c1. The maximum Gasteiger partial charge on any atom is 0.255 e. The number of nitrogens with zero attached hydrogens (tertiary/aromatic N) is 3. The van der Waals surface area contributed by atoms with Gasteiger partial charge in [0.25, 0.3) is 5.91 Å². The van der Waals surface area contributed by atoms with E-state index in [0.717, 1.165) is 0 Å². The van der Waals surface area contributed by atoms with Gasteiger partial charge in [-0.3, -0.25) is 14.5 Å². The molecule has 3 aromatic rings. The molecule has 110 valence electrons. The van der Waals surface area contributed by atoms with E-state index in [-0.39, 0.29) is 5.91 Å². The minimum Gasteiger partial charge on any atom is -0.319 e. The number of rotatable bonds is 4. The topological polar surface area (TPSA) is 59.8 Å². The summed E-state index contributed by atoms with van der Waals surface area (Å²) in [5, 5.41) is 7.10. The normalized spacial score (nSPS) is 10.4. The third kappa shape index (κ3) is 3.38. The van der Waals surface area contributed by atoms with Crippen molar-refractivity contribution in [2.75, 3.05) is 5.32 Å².